The second-order valence-electron chi connectivity index (χ2n) is 4.83. The van der Waals surface area contributed by atoms with Crippen LogP contribution < -0.4 is 15.5 Å². The average Bonchev–Trinajstić information content (AvgIpc) is 2.54. The van der Waals surface area contributed by atoms with E-state index in [1.54, 1.807) is 12.3 Å². The van der Waals surface area contributed by atoms with Crippen molar-refractivity contribution < 1.29 is 9.13 Å². The van der Waals surface area contributed by atoms with E-state index in [4.69, 9.17) is 17.0 Å². The molecule has 2 N–H and O–H groups in total. The van der Waals surface area contributed by atoms with Crippen molar-refractivity contribution in [2.75, 3.05) is 6.54 Å². The van der Waals surface area contributed by atoms with Crippen LogP contribution in [0, 0.1) is 5.82 Å². The van der Waals surface area contributed by atoms with Gasteiger partial charge in [-0.05, 0) is 55.0 Å². The van der Waals surface area contributed by atoms with E-state index in [0.717, 1.165) is 22.1 Å². The van der Waals surface area contributed by atoms with Crippen molar-refractivity contribution in [3.63, 3.8) is 0 Å². The van der Waals surface area contributed by atoms with Gasteiger partial charge in [0.25, 0.3) is 0 Å². The van der Waals surface area contributed by atoms with Gasteiger partial charge in [-0.1, -0.05) is 28.1 Å². The minimum atomic E-state index is -0.283. The van der Waals surface area contributed by atoms with E-state index >= 15 is 0 Å². The fourth-order valence-electron chi connectivity index (χ4n) is 1.90. The van der Waals surface area contributed by atoms with Crippen LogP contribution in [0.1, 0.15) is 18.1 Å². The molecule has 0 aliphatic heterocycles. The van der Waals surface area contributed by atoms with Crippen LogP contribution in [0.15, 0.2) is 52.0 Å². The summed E-state index contributed by atoms with van der Waals surface area (Å²) in [7, 11) is 0. The quantitative estimate of drug-likeness (QED) is 0.430. The van der Waals surface area contributed by atoms with Crippen LogP contribution in [-0.2, 0) is 6.61 Å². The zero-order valence-corrected chi connectivity index (χ0v) is 15.5. The second kappa shape index (κ2) is 9.34. The van der Waals surface area contributed by atoms with Gasteiger partial charge in [0.2, 0.25) is 0 Å². The van der Waals surface area contributed by atoms with Gasteiger partial charge in [-0.2, -0.15) is 5.10 Å². The third kappa shape index (κ3) is 5.90. The van der Waals surface area contributed by atoms with Crippen LogP contribution >= 0.6 is 28.1 Å². The normalized spacial score (nSPS) is 10.6. The fraction of sp³-hybridized carbons (Fsp3) is 0.176. The molecule has 0 radical (unpaired) electrons. The van der Waals surface area contributed by atoms with Crippen molar-refractivity contribution in [3.05, 3.63) is 63.9 Å². The lowest BCUT2D eigenvalue weighted by atomic mass is 10.2. The fourth-order valence-corrected chi connectivity index (χ4v) is 2.48. The van der Waals surface area contributed by atoms with Gasteiger partial charge in [0, 0.05) is 16.6 Å². The molecular weight excluding hydrogens is 393 g/mol. The molecule has 0 spiro atoms. The van der Waals surface area contributed by atoms with Gasteiger partial charge in [0.05, 0.1) is 6.21 Å². The molecule has 0 aliphatic carbocycles. The number of hydrogen-bond acceptors (Lipinski definition) is 3. The van der Waals surface area contributed by atoms with Crippen molar-refractivity contribution in [1.82, 2.24) is 10.7 Å². The van der Waals surface area contributed by atoms with E-state index in [1.165, 1.54) is 12.1 Å². The SMILES string of the molecule is CCNC(=S)NN=Cc1cc(Br)ccc1OCc1cccc(F)c1. The van der Waals surface area contributed by atoms with Crippen LogP contribution in [0.25, 0.3) is 0 Å². The van der Waals surface area contributed by atoms with Crippen molar-refractivity contribution in [2.24, 2.45) is 5.10 Å². The molecule has 0 amide bonds. The molecule has 2 aromatic carbocycles. The number of rotatable bonds is 6. The molecule has 0 aliphatic rings. The topological polar surface area (TPSA) is 45.7 Å². The van der Waals surface area contributed by atoms with Crippen LogP contribution in [0.4, 0.5) is 4.39 Å². The lowest BCUT2D eigenvalue weighted by molar-refractivity contribution is 0.305. The van der Waals surface area contributed by atoms with Gasteiger partial charge in [-0.15, -0.1) is 0 Å². The Hall–Kier alpha value is -1.99. The zero-order valence-electron chi connectivity index (χ0n) is 13.1. The molecule has 2 rings (SSSR count). The van der Waals surface area contributed by atoms with Crippen LogP contribution in [0.5, 0.6) is 5.75 Å². The first-order valence-electron chi connectivity index (χ1n) is 7.32. The molecule has 0 saturated carbocycles. The summed E-state index contributed by atoms with van der Waals surface area (Å²) in [5.74, 6) is 0.359. The molecule has 0 aromatic heterocycles. The number of hydrazone groups is 1. The predicted molar refractivity (Wildman–Crippen MR) is 102 cm³/mol. The van der Waals surface area contributed by atoms with E-state index in [2.05, 4.69) is 31.8 Å². The third-order valence-electron chi connectivity index (χ3n) is 2.96. The Kier molecular flexibility index (Phi) is 7.14. The lowest BCUT2D eigenvalue weighted by Gasteiger charge is -2.10. The first kappa shape index (κ1) is 18.4. The number of halogens is 2. The Bertz CT molecular complexity index is 740. The Morgan fingerprint density at radius 3 is 2.92 bits per heavy atom. The monoisotopic (exact) mass is 409 g/mol. The molecule has 0 saturated heterocycles. The third-order valence-corrected chi connectivity index (χ3v) is 3.69. The molecule has 4 nitrogen and oxygen atoms in total. The predicted octanol–water partition coefficient (Wildman–Crippen LogP) is 3.99. The summed E-state index contributed by atoms with van der Waals surface area (Å²) in [6.07, 6.45) is 1.62. The summed E-state index contributed by atoms with van der Waals surface area (Å²) in [5.41, 5.74) is 4.26. The van der Waals surface area contributed by atoms with Gasteiger partial charge in [0.1, 0.15) is 18.2 Å². The minimum absolute atomic E-state index is 0.267. The maximum absolute atomic E-state index is 13.2. The summed E-state index contributed by atoms with van der Waals surface area (Å²) in [5, 5.41) is 7.48. The molecule has 7 heteroatoms. The van der Waals surface area contributed by atoms with Crippen molar-refractivity contribution >= 4 is 39.5 Å². The number of thiocarbonyl (C=S) groups is 1. The number of nitrogens with one attached hydrogen (secondary N) is 2. The number of ether oxygens (including phenoxy) is 1. The maximum atomic E-state index is 13.2. The van der Waals surface area contributed by atoms with Gasteiger partial charge in [-0.3, -0.25) is 5.43 Å². The minimum Gasteiger partial charge on any atom is -0.488 e. The number of nitrogens with zero attached hydrogens (tertiary/aromatic N) is 1. The van der Waals surface area contributed by atoms with E-state index in [1.807, 2.05) is 31.2 Å². The maximum Gasteiger partial charge on any atom is 0.186 e. The average molecular weight is 410 g/mol. The van der Waals surface area contributed by atoms with E-state index in [0.29, 0.717) is 10.9 Å². The van der Waals surface area contributed by atoms with Gasteiger partial charge in [0.15, 0.2) is 5.11 Å². The van der Waals surface area contributed by atoms with E-state index in [9.17, 15) is 4.39 Å². The first-order valence-corrected chi connectivity index (χ1v) is 8.52. The first-order chi connectivity index (χ1) is 11.6. The largest absolute Gasteiger partial charge is 0.488 e. The molecule has 0 fully saturated rings. The highest BCUT2D eigenvalue weighted by molar-refractivity contribution is 9.10. The lowest BCUT2D eigenvalue weighted by Crippen LogP contribution is -2.31. The van der Waals surface area contributed by atoms with Crippen LogP contribution in [-0.4, -0.2) is 17.9 Å². The Morgan fingerprint density at radius 1 is 1.33 bits per heavy atom. The van der Waals surface area contributed by atoms with Gasteiger partial charge >= 0.3 is 0 Å². The van der Waals surface area contributed by atoms with Gasteiger partial charge < -0.3 is 10.1 Å². The molecule has 0 unspecified atom stereocenters. The molecule has 0 heterocycles. The summed E-state index contributed by atoms with van der Waals surface area (Å²) in [6, 6.07) is 11.9. The highest BCUT2D eigenvalue weighted by Crippen LogP contribution is 2.23. The summed E-state index contributed by atoms with van der Waals surface area (Å²) < 4.78 is 19.9. The van der Waals surface area contributed by atoms with Crippen molar-refractivity contribution in [2.45, 2.75) is 13.5 Å². The van der Waals surface area contributed by atoms with Crippen LogP contribution in [0.3, 0.4) is 0 Å². The highest BCUT2D eigenvalue weighted by Gasteiger charge is 2.04. The smallest absolute Gasteiger partial charge is 0.186 e. The summed E-state index contributed by atoms with van der Waals surface area (Å²) in [4.78, 5) is 0. The number of hydrogen-bond donors (Lipinski definition) is 2. The molecule has 2 aromatic rings. The Morgan fingerprint density at radius 2 is 2.17 bits per heavy atom. The summed E-state index contributed by atoms with van der Waals surface area (Å²) in [6.45, 7) is 2.94. The molecule has 24 heavy (non-hydrogen) atoms. The summed E-state index contributed by atoms with van der Waals surface area (Å²) >= 11 is 8.46. The molecule has 0 atom stereocenters. The molecular formula is C17H17BrFN3OS. The van der Waals surface area contributed by atoms with Crippen molar-refractivity contribution in [3.8, 4) is 5.75 Å². The molecule has 126 valence electrons. The van der Waals surface area contributed by atoms with Gasteiger partial charge in [-0.25, -0.2) is 4.39 Å². The Labute approximate surface area is 154 Å². The van der Waals surface area contributed by atoms with Crippen molar-refractivity contribution in [1.29, 1.82) is 0 Å². The van der Waals surface area contributed by atoms with E-state index in [-0.39, 0.29) is 12.4 Å². The molecule has 0 bridgehead atoms. The number of benzene rings is 2. The Balaban J connectivity index is 2.06. The highest BCUT2D eigenvalue weighted by atomic mass is 79.9. The zero-order chi connectivity index (χ0) is 17.4. The second-order valence-corrected chi connectivity index (χ2v) is 6.15. The van der Waals surface area contributed by atoms with E-state index < -0.39 is 0 Å². The standard InChI is InChI=1S/C17H17BrFN3OS/c1-2-20-17(24)22-21-10-13-9-14(18)6-7-16(13)23-11-12-4-3-5-15(19)8-12/h3-10H,2,11H2,1H3,(H2,20,22,24). The van der Waals surface area contributed by atoms with Crippen LogP contribution in [0.2, 0.25) is 0 Å².